The Hall–Kier alpha value is -0.860. The number of nitrogens with one attached hydrogen (secondary N) is 1. The fourth-order valence-electron chi connectivity index (χ4n) is 2.11. The van der Waals surface area contributed by atoms with Gasteiger partial charge in [-0.05, 0) is 55.8 Å². The zero-order chi connectivity index (χ0) is 11.2. The second-order valence-electron chi connectivity index (χ2n) is 4.65. The summed E-state index contributed by atoms with van der Waals surface area (Å²) in [6.07, 6.45) is 5.06. The van der Waals surface area contributed by atoms with Crippen LogP contribution in [0.3, 0.4) is 0 Å². The first-order valence-corrected chi connectivity index (χ1v) is 6.40. The maximum Gasteiger partial charge on any atom is 0.0208 e. The first-order chi connectivity index (χ1) is 7.92. The Balaban J connectivity index is 1.79. The molecule has 0 aliphatic heterocycles. The van der Waals surface area contributed by atoms with Crippen molar-refractivity contribution < 1.29 is 0 Å². The van der Waals surface area contributed by atoms with Gasteiger partial charge in [0.05, 0.1) is 0 Å². The summed E-state index contributed by atoms with van der Waals surface area (Å²) >= 11 is 0. The van der Waals surface area contributed by atoms with E-state index in [9.17, 15) is 0 Å². The summed E-state index contributed by atoms with van der Waals surface area (Å²) in [7, 11) is 0. The zero-order valence-electron chi connectivity index (χ0n) is 9.91. The summed E-state index contributed by atoms with van der Waals surface area (Å²) in [6.45, 7) is 2.90. The number of nitrogens with two attached hydrogens (primary N) is 1. The van der Waals surface area contributed by atoms with Crippen molar-refractivity contribution in [3.8, 4) is 0 Å². The summed E-state index contributed by atoms with van der Waals surface area (Å²) < 4.78 is 0. The Labute approximate surface area is 98.2 Å². The van der Waals surface area contributed by atoms with E-state index in [4.69, 9.17) is 5.73 Å². The van der Waals surface area contributed by atoms with E-state index in [1.54, 1.807) is 5.56 Å². The molecular weight excluding hydrogens is 196 g/mol. The minimum Gasteiger partial charge on any atom is -0.330 e. The molecule has 16 heavy (non-hydrogen) atoms. The minimum atomic E-state index is 0.806. The predicted molar refractivity (Wildman–Crippen MR) is 68.4 cm³/mol. The van der Waals surface area contributed by atoms with E-state index in [1.165, 1.54) is 24.8 Å². The van der Waals surface area contributed by atoms with Gasteiger partial charge in [-0.15, -0.1) is 0 Å². The molecule has 3 N–H and O–H groups in total. The first-order valence-electron chi connectivity index (χ1n) is 6.40. The summed E-state index contributed by atoms with van der Waals surface area (Å²) in [5.74, 6) is 0.849. The van der Waals surface area contributed by atoms with Crippen LogP contribution in [0, 0.1) is 0 Å². The molecule has 0 spiro atoms. The van der Waals surface area contributed by atoms with E-state index in [1.807, 2.05) is 0 Å². The lowest BCUT2D eigenvalue weighted by Crippen LogP contribution is -2.16. The molecule has 2 rings (SSSR count). The van der Waals surface area contributed by atoms with Gasteiger partial charge < -0.3 is 11.1 Å². The van der Waals surface area contributed by atoms with Crippen LogP contribution in [0.2, 0.25) is 0 Å². The molecule has 1 aromatic carbocycles. The summed E-state index contributed by atoms with van der Waals surface area (Å²) in [5.41, 5.74) is 8.51. The van der Waals surface area contributed by atoms with Gasteiger partial charge in [-0.2, -0.15) is 0 Å². The average molecular weight is 218 g/mol. The van der Waals surface area contributed by atoms with Gasteiger partial charge in [0.15, 0.2) is 0 Å². The van der Waals surface area contributed by atoms with Gasteiger partial charge in [-0.1, -0.05) is 24.3 Å². The van der Waals surface area contributed by atoms with E-state index in [-0.39, 0.29) is 0 Å². The number of rotatable bonds is 7. The topological polar surface area (TPSA) is 38.0 Å². The fraction of sp³-hybridized carbons (Fsp3) is 0.571. The highest BCUT2D eigenvalue weighted by Crippen LogP contribution is 2.41. The third-order valence-electron chi connectivity index (χ3n) is 3.20. The Bertz CT molecular complexity index is 318. The van der Waals surface area contributed by atoms with Gasteiger partial charge in [0, 0.05) is 6.54 Å². The van der Waals surface area contributed by atoms with Crippen LogP contribution in [0.5, 0.6) is 0 Å². The van der Waals surface area contributed by atoms with Crippen molar-refractivity contribution in [2.75, 3.05) is 13.1 Å². The van der Waals surface area contributed by atoms with Crippen LogP contribution in [0.15, 0.2) is 24.3 Å². The van der Waals surface area contributed by atoms with Crippen molar-refractivity contribution in [1.29, 1.82) is 0 Å². The SMILES string of the molecule is NCCCCNCc1ccccc1C1CC1. The Morgan fingerprint density at radius 1 is 1.19 bits per heavy atom. The largest absolute Gasteiger partial charge is 0.330 e. The third-order valence-corrected chi connectivity index (χ3v) is 3.20. The van der Waals surface area contributed by atoms with E-state index < -0.39 is 0 Å². The van der Waals surface area contributed by atoms with E-state index in [2.05, 4.69) is 29.6 Å². The molecular formula is C14H22N2. The Kier molecular flexibility index (Phi) is 4.37. The second kappa shape index (κ2) is 6.02. The zero-order valence-corrected chi connectivity index (χ0v) is 9.91. The van der Waals surface area contributed by atoms with Crippen LogP contribution in [-0.4, -0.2) is 13.1 Å². The van der Waals surface area contributed by atoms with Crippen LogP contribution in [-0.2, 0) is 6.54 Å². The molecule has 1 aromatic rings. The average Bonchev–Trinajstić information content (AvgIpc) is 3.13. The van der Waals surface area contributed by atoms with Crippen molar-refractivity contribution in [2.24, 2.45) is 5.73 Å². The summed E-state index contributed by atoms with van der Waals surface area (Å²) in [4.78, 5) is 0. The molecule has 0 amide bonds. The highest BCUT2D eigenvalue weighted by Gasteiger charge is 2.25. The molecule has 0 radical (unpaired) electrons. The number of benzene rings is 1. The second-order valence-corrected chi connectivity index (χ2v) is 4.65. The Morgan fingerprint density at radius 3 is 2.75 bits per heavy atom. The van der Waals surface area contributed by atoms with Crippen LogP contribution in [0.25, 0.3) is 0 Å². The summed E-state index contributed by atoms with van der Waals surface area (Å²) in [5, 5.41) is 3.50. The van der Waals surface area contributed by atoms with E-state index in [0.29, 0.717) is 0 Å². The van der Waals surface area contributed by atoms with Crippen LogP contribution in [0.1, 0.15) is 42.7 Å². The molecule has 0 saturated heterocycles. The van der Waals surface area contributed by atoms with Gasteiger partial charge in [-0.25, -0.2) is 0 Å². The lowest BCUT2D eigenvalue weighted by atomic mass is 10.0. The molecule has 88 valence electrons. The van der Waals surface area contributed by atoms with Gasteiger partial charge in [0.1, 0.15) is 0 Å². The van der Waals surface area contributed by atoms with Gasteiger partial charge >= 0.3 is 0 Å². The molecule has 0 heterocycles. The number of unbranched alkanes of at least 4 members (excludes halogenated alkanes) is 1. The highest BCUT2D eigenvalue weighted by molar-refractivity contribution is 5.33. The Morgan fingerprint density at radius 2 is 2.00 bits per heavy atom. The van der Waals surface area contributed by atoms with Crippen molar-refractivity contribution in [2.45, 2.75) is 38.1 Å². The predicted octanol–water partition coefficient (Wildman–Crippen LogP) is 2.39. The number of hydrogen-bond donors (Lipinski definition) is 2. The molecule has 2 nitrogen and oxygen atoms in total. The van der Waals surface area contributed by atoms with Crippen molar-refractivity contribution in [1.82, 2.24) is 5.32 Å². The van der Waals surface area contributed by atoms with Gasteiger partial charge in [-0.3, -0.25) is 0 Å². The molecule has 1 aliphatic carbocycles. The lowest BCUT2D eigenvalue weighted by molar-refractivity contribution is 0.625. The van der Waals surface area contributed by atoms with E-state index in [0.717, 1.165) is 32.0 Å². The highest BCUT2D eigenvalue weighted by atomic mass is 14.8. The molecule has 1 fully saturated rings. The molecule has 0 unspecified atom stereocenters. The normalized spacial score (nSPS) is 15.3. The third kappa shape index (κ3) is 3.32. The molecule has 0 aromatic heterocycles. The molecule has 1 saturated carbocycles. The van der Waals surface area contributed by atoms with Crippen molar-refractivity contribution in [3.05, 3.63) is 35.4 Å². The van der Waals surface area contributed by atoms with Crippen molar-refractivity contribution in [3.63, 3.8) is 0 Å². The van der Waals surface area contributed by atoms with Crippen LogP contribution in [0.4, 0.5) is 0 Å². The van der Waals surface area contributed by atoms with Gasteiger partial charge in [0.25, 0.3) is 0 Å². The molecule has 2 heteroatoms. The maximum atomic E-state index is 5.47. The molecule has 1 aliphatic rings. The van der Waals surface area contributed by atoms with Crippen LogP contribution < -0.4 is 11.1 Å². The van der Waals surface area contributed by atoms with Gasteiger partial charge in [0.2, 0.25) is 0 Å². The quantitative estimate of drug-likeness (QED) is 0.690. The maximum absolute atomic E-state index is 5.47. The monoisotopic (exact) mass is 218 g/mol. The minimum absolute atomic E-state index is 0.806. The standard InChI is InChI=1S/C14H22N2/c15-9-3-4-10-16-11-13-5-1-2-6-14(13)12-7-8-12/h1-2,5-6,12,16H,3-4,7-11,15H2. The molecule has 0 atom stereocenters. The smallest absolute Gasteiger partial charge is 0.0208 e. The lowest BCUT2D eigenvalue weighted by Gasteiger charge is -2.09. The number of hydrogen-bond acceptors (Lipinski definition) is 2. The van der Waals surface area contributed by atoms with E-state index >= 15 is 0 Å². The van der Waals surface area contributed by atoms with Crippen LogP contribution >= 0.6 is 0 Å². The van der Waals surface area contributed by atoms with Crippen molar-refractivity contribution >= 4 is 0 Å². The summed E-state index contributed by atoms with van der Waals surface area (Å²) in [6, 6.07) is 8.84. The fourth-order valence-corrected chi connectivity index (χ4v) is 2.11. The molecule has 0 bridgehead atoms. The first kappa shape index (κ1) is 11.6.